The maximum atomic E-state index is 10.4. The maximum absolute atomic E-state index is 10.4. The summed E-state index contributed by atoms with van der Waals surface area (Å²) in [6.45, 7) is 18.8. The van der Waals surface area contributed by atoms with Gasteiger partial charge in [-0.1, -0.05) is 85.0 Å². The van der Waals surface area contributed by atoms with E-state index in [1.54, 1.807) is 31.4 Å². The normalized spacial score (nSPS) is 10.7. The van der Waals surface area contributed by atoms with E-state index in [4.69, 9.17) is 22.6 Å². The van der Waals surface area contributed by atoms with Crippen LogP contribution in [0, 0.1) is 35.8 Å². The highest BCUT2D eigenvalue weighted by Gasteiger charge is 2.22. The van der Waals surface area contributed by atoms with Crippen molar-refractivity contribution in [3.63, 3.8) is 0 Å². The molecule has 0 bridgehead atoms. The molecule has 0 spiro atoms. The van der Waals surface area contributed by atoms with Crippen LogP contribution in [-0.2, 0) is 0 Å². The van der Waals surface area contributed by atoms with Gasteiger partial charge < -0.3 is 19.3 Å². The molecule has 0 saturated carbocycles. The molecule has 0 saturated heterocycles. The van der Waals surface area contributed by atoms with Crippen molar-refractivity contribution in [2.24, 2.45) is 0 Å². The van der Waals surface area contributed by atoms with Gasteiger partial charge in [0.05, 0.1) is 50.1 Å². The summed E-state index contributed by atoms with van der Waals surface area (Å²) in [6, 6.07) is 55.9. The van der Waals surface area contributed by atoms with Crippen LogP contribution < -0.4 is 19.3 Å². The van der Waals surface area contributed by atoms with Gasteiger partial charge in [-0.05, 0) is 126 Å². The Bertz CT molecular complexity index is 2810. The molecule has 7 aromatic rings. The Hall–Kier alpha value is -8.82. The molecule has 7 aromatic carbocycles. The van der Waals surface area contributed by atoms with Gasteiger partial charge in [0, 0.05) is 34.1 Å². The molecule has 0 aliphatic heterocycles. The lowest BCUT2D eigenvalue weighted by atomic mass is 9.92. The van der Waals surface area contributed by atoms with Crippen LogP contribution >= 0.6 is 0 Å². The minimum atomic E-state index is 0.0129. The molecule has 0 heterocycles. The zero-order valence-electron chi connectivity index (χ0n) is 33.5. The van der Waals surface area contributed by atoms with Crippen LogP contribution in [0.3, 0.4) is 0 Å². The molecular formula is C53H38N6O2. The highest BCUT2D eigenvalue weighted by molar-refractivity contribution is 5.96. The average Bonchev–Trinajstić information content (AvgIpc) is 3.32. The molecule has 0 radical (unpaired) electrons. The Balaban J connectivity index is 1.19. The fraction of sp³-hybridized carbons (Fsp3) is 0.0566. The number of methoxy groups -OCH3 is 1. The summed E-state index contributed by atoms with van der Waals surface area (Å²) in [6.07, 6.45) is 6.86. The largest absolute Gasteiger partial charge is 0.497 e. The first-order valence-corrected chi connectivity index (χ1v) is 19.4. The third kappa shape index (κ3) is 8.86. The van der Waals surface area contributed by atoms with Gasteiger partial charge in [0.15, 0.2) is 0 Å². The standard InChI is InChI=1S/C53H38N6O2/c1-5-61-47-32-28-45(29-33-47)59(41-14-10-7-11-15-41)43-22-16-38(17-23-43)20-34-48-50(36-54)52(56-2)49(53(57-3)51(48)37-55)35-21-39-18-24-42(25-19-39)58(40-12-8-6-9-13-40)44-26-30-46(60-4)31-27-44/h6-35H,5H2,1,4H3/b34-20+,35-21+. The monoisotopic (exact) mass is 790 g/mol. The molecule has 0 N–H and O–H groups in total. The summed E-state index contributed by atoms with van der Waals surface area (Å²) in [5.41, 5.74) is 7.86. The lowest BCUT2D eigenvalue weighted by Crippen LogP contribution is -2.09. The summed E-state index contributed by atoms with van der Waals surface area (Å²) in [7, 11) is 1.64. The minimum Gasteiger partial charge on any atom is -0.497 e. The summed E-state index contributed by atoms with van der Waals surface area (Å²) >= 11 is 0. The lowest BCUT2D eigenvalue weighted by Gasteiger charge is -2.25. The van der Waals surface area contributed by atoms with E-state index in [9.17, 15) is 10.5 Å². The molecule has 0 aliphatic rings. The number of rotatable bonds is 13. The summed E-state index contributed by atoms with van der Waals surface area (Å²) in [5.74, 6) is 1.55. The number of benzene rings is 7. The van der Waals surface area contributed by atoms with Crippen molar-refractivity contribution in [3.8, 4) is 23.6 Å². The summed E-state index contributed by atoms with van der Waals surface area (Å²) < 4.78 is 11.0. The topological polar surface area (TPSA) is 81.2 Å². The highest BCUT2D eigenvalue weighted by Crippen LogP contribution is 2.42. The Morgan fingerprint density at radius 1 is 0.492 bits per heavy atom. The average molecular weight is 791 g/mol. The van der Waals surface area contributed by atoms with Crippen LogP contribution in [0.5, 0.6) is 11.5 Å². The molecule has 0 amide bonds. The maximum Gasteiger partial charge on any atom is 0.202 e. The zero-order valence-corrected chi connectivity index (χ0v) is 33.5. The molecule has 61 heavy (non-hydrogen) atoms. The van der Waals surface area contributed by atoms with Crippen LogP contribution in [0.1, 0.15) is 40.3 Å². The smallest absolute Gasteiger partial charge is 0.202 e. The Kier molecular flexibility index (Phi) is 12.6. The first-order valence-electron chi connectivity index (χ1n) is 19.4. The van der Waals surface area contributed by atoms with Crippen molar-refractivity contribution in [1.29, 1.82) is 10.5 Å². The van der Waals surface area contributed by atoms with E-state index < -0.39 is 0 Å². The zero-order chi connectivity index (χ0) is 42.6. The number of para-hydroxylation sites is 2. The van der Waals surface area contributed by atoms with Crippen LogP contribution in [-0.4, -0.2) is 13.7 Å². The van der Waals surface area contributed by atoms with Gasteiger partial charge in [0.25, 0.3) is 0 Å². The molecule has 0 fully saturated rings. The fourth-order valence-corrected chi connectivity index (χ4v) is 7.01. The fourth-order valence-electron chi connectivity index (χ4n) is 7.01. The van der Waals surface area contributed by atoms with Gasteiger partial charge in [-0.2, -0.15) is 10.5 Å². The second-order valence-electron chi connectivity index (χ2n) is 13.5. The molecule has 8 heteroatoms. The highest BCUT2D eigenvalue weighted by atomic mass is 16.5. The van der Waals surface area contributed by atoms with Gasteiger partial charge in [-0.15, -0.1) is 0 Å². The van der Waals surface area contributed by atoms with E-state index in [2.05, 4.69) is 31.6 Å². The van der Waals surface area contributed by atoms with Crippen LogP contribution in [0.4, 0.5) is 45.5 Å². The van der Waals surface area contributed by atoms with Crippen molar-refractivity contribution < 1.29 is 9.47 Å². The van der Waals surface area contributed by atoms with E-state index in [1.807, 2.05) is 165 Å². The molecule has 0 atom stereocenters. The Labute approximate surface area is 356 Å². The van der Waals surface area contributed by atoms with Crippen molar-refractivity contribution in [1.82, 2.24) is 0 Å². The van der Waals surface area contributed by atoms with Crippen molar-refractivity contribution in [2.75, 3.05) is 23.5 Å². The van der Waals surface area contributed by atoms with E-state index in [0.29, 0.717) is 6.61 Å². The van der Waals surface area contributed by atoms with E-state index in [-0.39, 0.29) is 33.6 Å². The third-order valence-electron chi connectivity index (χ3n) is 9.92. The van der Waals surface area contributed by atoms with Crippen molar-refractivity contribution in [2.45, 2.75) is 6.92 Å². The summed E-state index contributed by atoms with van der Waals surface area (Å²) in [5, 5.41) is 20.8. The number of ether oxygens (including phenoxy) is 2. The molecule has 0 aliphatic carbocycles. The number of hydrogen-bond acceptors (Lipinski definition) is 6. The predicted molar refractivity (Wildman–Crippen MR) is 246 cm³/mol. The van der Waals surface area contributed by atoms with Crippen molar-refractivity contribution >= 4 is 69.8 Å². The molecule has 7 rings (SSSR count). The first-order chi connectivity index (χ1) is 30.0. The van der Waals surface area contributed by atoms with Gasteiger partial charge in [0.1, 0.15) is 11.5 Å². The van der Waals surface area contributed by atoms with Gasteiger partial charge in [-0.3, -0.25) is 0 Å². The van der Waals surface area contributed by atoms with Gasteiger partial charge in [0.2, 0.25) is 11.4 Å². The van der Waals surface area contributed by atoms with Crippen LogP contribution in [0.2, 0.25) is 0 Å². The molecule has 0 aromatic heterocycles. The number of anilines is 6. The lowest BCUT2D eigenvalue weighted by molar-refractivity contribution is 0.340. The molecule has 8 nitrogen and oxygen atoms in total. The quantitative estimate of drug-likeness (QED) is 0.0855. The third-order valence-corrected chi connectivity index (χ3v) is 9.92. The Morgan fingerprint density at radius 2 is 0.852 bits per heavy atom. The van der Waals surface area contributed by atoms with E-state index in [0.717, 1.165) is 56.8 Å². The van der Waals surface area contributed by atoms with Crippen LogP contribution in [0.15, 0.2) is 158 Å². The predicted octanol–water partition coefficient (Wildman–Crippen LogP) is 14.2. The van der Waals surface area contributed by atoms with E-state index in [1.165, 1.54) is 0 Å². The number of nitriles is 2. The van der Waals surface area contributed by atoms with Gasteiger partial charge >= 0.3 is 0 Å². The molecular weight excluding hydrogens is 753 g/mol. The SMILES string of the molecule is [C-]#[N+]c1c(C#N)c(/C=C/c2ccc(N(c3ccccc3)c3ccc(OCC)cc3)cc2)c(C#N)c([N+]#[C-])c1/C=C/c1ccc(N(c2ccccc2)c2ccc(OC)cc2)cc1. The van der Waals surface area contributed by atoms with Gasteiger partial charge in [-0.25, -0.2) is 9.69 Å². The minimum absolute atomic E-state index is 0.0129. The second-order valence-corrected chi connectivity index (χ2v) is 13.5. The first kappa shape index (κ1) is 40.4. The Morgan fingerprint density at radius 3 is 1.21 bits per heavy atom. The molecule has 292 valence electrons. The number of hydrogen-bond donors (Lipinski definition) is 0. The van der Waals surface area contributed by atoms with E-state index >= 15 is 0 Å². The summed E-state index contributed by atoms with van der Waals surface area (Å²) in [4.78, 5) is 11.7. The number of nitrogens with zero attached hydrogens (tertiary/aromatic N) is 6. The molecule has 0 unspecified atom stereocenters. The second kappa shape index (κ2) is 19.1. The van der Waals surface area contributed by atoms with Crippen molar-refractivity contribution in [3.05, 3.63) is 214 Å². The van der Waals surface area contributed by atoms with Crippen LogP contribution in [0.25, 0.3) is 34.0 Å².